The monoisotopic (exact) mass is 425 g/mol. The predicted octanol–water partition coefficient (Wildman–Crippen LogP) is 2.53. The van der Waals surface area contributed by atoms with E-state index in [9.17, 15) is 13.2 Å². The highest BCUT2D eigenvalue weighted by Crippen LogP contribution is 2.47. The lowest BCUT2D eigenvalue weighted by Crippen LogP contribution is -2.37. The molecule has 2 aromatic heterocycles. The molecule has 4 N–H and O–H groups in total. The van der Waals surface area contributed by atoms with Crippen LogP contribution in [0.1, 0.15) is 23.8 Å². The minimum absolute atomic E-state index is 0.353. The minimum atomic E-state index is -2.91. The molecule has 2 atom stereocenters. The van der Waals surface area contributed by atoms with Gasteiger partial charge in [0.2, 0.25) is 0 Å². The molecule has 1 saturated heterocycles. The first kappa shape index (κ1) is 19.9. The van der Waals surface area contributed by atoms with Gasteiger partial charge in [-0.05, 0) is 12.5 Å². The number of hydrogen-bond donors (Lipinski definition) is 2. The number of rotatable bonds is 3. The summed E-state index contributed by atoms with van der Waals surface area (Å²) in [5.74, 6) is -2.86. The molecule has 156 valence electrons. The number of nitrogens with two attached hydrogens (primary N) is 2. The summed E-state index contributed by atoms with van der Waals surface area (Å²) in [7, 11) is 1.69. The number of aryl methyl sites for hydroxylation is 1. The maximum Gasteiger partial charge on any atom is 0.266 e. The number of halogens is 3. The second-order valence-electron chi connectivity index (χ2n) is 7.31. The van der Waals surface area contributed by atoms with Crippen molar-refractivity contribution in [2.45, 2.75) is 30.2 Å². The lowest BCUT2D eigenvalue weighted by Gasteiger charge is -2.30. The molecule has 29 heavy (non-hydrogen) atoms. The van der Waals surface area contributed by atoms with E-state index in [1.54, 1.807) is 40.0 Å². The summed E-state index contributed by atoms with van der Waals surface area (Å²) in [5, 5.41) is 4.28. The molecule has 0 aliphatic carbocycles. The van der Waals surface area contributed by atoms with Crippen molar-refractivity contribution >= 4 is 23.3 Å². The second kappa shape index (κ2) is 7.45. The summed E-state index contributed by atoms with van der Waals surface area (Å²) < 4.78 is 44.7. The Morgan fingerprint density at radius 2 is 2.10 bits per heavy atom. The van der Waals surface area contributed by atoms with Crippen LogP contribution in [0.15, 0.2) is 35.9 Å². The van der Waals surface area contributed by atoms with Crippen molar-refractivity contribution in [1.82, 2.24) is 14.8 Å². The summed E-state index contributed by atoms with van der Waals surface area (Å²) >= 11 is 1.28. The van der Waals surface area contributed by atoms with E-state index < -0.39 is 29.7 Å². The number of thioether (sulfide) groups is 1. The SMILES string of the molecule is Cn1ncc(N2C=C(N)SC2c2ccncc2F)c1N1CCC(N)CC(F)(F)C1. The van der Waals surface area contributed by atoms with Crippen LogP contribution in [-0.4, -0.2) is 39.8 Å². The van der Waals surface area contributed by atoms with Crippen LogP contribution < -0.4 is 21.3 Å². The fraction of sp³-hybridized carbons (Fsp3) is 0.444. The van der Waals surface area contributed by atoms with Gasteiger partial charge in [-0.25, -0.2) is 13.2 Å². The van der Waals surface area contributed by atoms with Crippen LogP contribution in [0.4, 0.5) is 24.7 Å². The number of hydrogen-bond acceptors (Lipinski definition) is 7. The van der Waals surface area contributed by atoms with E-state index in [1.165, 1.54) is 18.0 Å². The van der Waals surface area contributed by atoms with Gasteiger partial charge in [-0.15, -0.1) is 0 Å². The minimum Gasteiger partial charge on any atom is -0.392 e. The third-order valence-electron chi connectivity index (χ3n) is 5.06. The lowest BCUT2D eigenvalue weighted by molar-refractivity contribution is -0.000531. The average molecular weight is 425 g/mol. The van der Waals surface area contributed by atoms with E-state index in [1.807, 2.05) is 0 Å². The van der Waals surface area contributed by atoms with Gasteiger partial charge in [-0.2, -0.15) is 5.10 Å². The van der Waals surface area contributed by atoms with Crippen molar-refractivity contribution < 1.29 is 13.2 Å². The fourth-order valence-electron chi connectivity index (χ4n) is 3.80. The highest BCUT2D eigenvalue weighted by molar-refractivity contribution is 8.03. The third-order valence-corrected chi connectivity index (χ3v) is 6.14. The van der Waals surface area contributed by atoms with Gasteiger partial charge in [0.15, 0.2) is 5.82 Å². The molecule has 7 nitrogen and oxygen atoms in total. The van der Waals surface area contributed by atoms with Gasteiger partial charge in [-0.1, -0.05) is 11.8 Å². The molecule has 0 aromatic carbocycles. The van der Waals surface area contributed by atoms with E-state index in [-0.39, 0.29) is 6.42 Å². The van der Waals surface area contributed by atoms with Crippen LogP contribution in [-0.2, 0) is 7.05 Å². The number of pyridine rings is 1. The van der Waals surface area contributed by atoms with Crippen molar-refractivity contribution in [3.05, 3.63) is 47.3 Å². The predicted molar refractivity (Wildman–Crippen MR) is 107 cm³/mol. The number of nitrogens with zero attached hydrogens (tertiary/aromatic N) is 5. The van der Waals surface area contributed by atoms with Gasteiger partial charge in [0.1, 0.15) is 16.9 Å². The molecule has 2 unspecified atom stereocenters. The van der Waals surface area contributed by atoms with Gasteiger partial charge < -0.3 is 21.3 Å². The molecule has 0 spiro atoms. The van der Waals surface area contributed by atoms with E-state index in [0.717, 1.165) is 6.20 Å². The van der Waals surface area contributed by atoms with Crippen LogP contribution in [0.3, 0.4) is 0 Å². The van der Waals surface area contributed by atoms with Gasteiger partial charge in [-0.3, -0.25) is 9.67 Å². The zero-order valence-electron chi connectivity index (χ0n) is 15.8. The summed E-state index contributed by atoms with van der Waals surface area (Å²) in [5.41, 5.74) is 12.8. The quantitative estimate of drug-likeness (QED) is 0.781. The Morgan fingerprint density at radius 3 is 2.86 bits per heavy atom. The molecule has 2 aromatic rings. The normalized spacial score (nSPS) is 24.5. The first-order valence-corrected chi connectivity index (χ1v) is 10.1. The number of aromatic nitrogens is 3. The molecule has 0 amide bonds. The molecule has 4 heterocycles. The van der Waals surface area contributed by atoms with Gasteiger partial charge in [0.05, 0.1) is 24.0 Å². The van der Waals surface area contributed by atoms with E-state index >= 15 is 0 Å². The van der Waals surface area contributed by atoms with Gasteiger partial charge in [0, 0.05) is 44.0 Å². The topological polar surface area (TPSA) is 89.2 Å². The largest absolute Gasteiger partial charge is 0.392 e. The van der Waals surface area contributed by atoms with Crippen LogP contribution in [0.2, 0.25) is 0 Å². The Morgan fingerprint density at radius 1 is 1.31 bits per heavy atom. The summed E-state index contributed by atoms with van der Waals surface area (Å²) in [6.07, 6.45) is 6.00. The van der Waals surface area contributed by atoms with E-state index in [0.29, 0.717) is 35.1 Å². The third kappa shape index (κ3) is 3.88. The molecule has 0 bridgehead atoms. The highest BCUT2D eigenvalue weighted by Gasteiger charge is 2.40. The first-order chi connectivity index (χ1) is 13.7. The zero-order valence-corrected chi connectivity index (χ0v) is 16.6. The zero-order chi connectivity index (χ0) is 20.8. The van der Waals surface area contributed by atoms with Crippen molar-refractivity contribution in [3.63, 3.8) is 0 Å². The Hall–Kier alpha value is -2.40. The molecular formula is C18H22F3N7S. The molecule has 2 aliphatic rings. The Kier molecular flexibility index (Phi) is 5.11. The van der Waals surface area contributed by atoms with Crippen LogP contribution in [0, 0.1) is 5.82 Å². The molecule has 11 heteroatoms. The maximum absolute atomic E-state index is 14.4. The maximum atomic E-state index is 14.4. The highest BCUT2D eigenvalue weighted by atomic mass is 32.2. The molecule has 4 rings (SSSR count). The van der Waals surface area contributed by atoms with E-state index in [4.69, 9.17) is 11.5 Å². The van der Waals surface area contributed by atoms with Crippen molar-refractivity contribution in [2.24, 2.45) is 18.5 Å². The first-order valence-electron chi connectivity index (χ1n) is 9.17. The lowest BCUT2D eigenvalue weighted by atomic mass is 10.1. The molecule has 2 aliphatic heterocycles. The summed E-state index contributed by atoms with van der Waals surface area (Å²) in [6, 6.07) is 1.02. The Bertz CT molecular complexity index is 932. The number of anilines is 2. The fourth-order valence-corrected chi connectivity index (χ4v) is 4.83. The van der Waals surface area contributed by atoms with E-state index in [2.05, 4.69) is 10.1 Å². The Labute approximate surface area is 170 Å². The molecule has 0 saturated carbocycles. The van der Waals surface area contributed by atoms with Gasteiger partial charge in [0.25, 0.3) is 5.92 Å². The second-order valence-corrected chi connectivity index (χ2v) is 8.47. The standard InChI is InChI=1S/C18H22F3N7S/c1-26-16(27-5-3-11(22)6-18(20,21)10-27)14(8-25-26)28-9-15(23)29-17(28)12-2-4-24-7-13(12)19/h2,4,7-9,11,17H,3,5-6,10,22-23H2,1H3. The Balaban J connectivity index is 1.73. The van der Waals surface area contributed by atoms with Crippen molar-refractivity contribution in [1.29, 1.82) is 0 Å². The molecular weight excluding hydrogens is 403 g/mol. The molecule has 1 fully saturated rings. The van der Waals surface area contributed by atoms with Crippen molar-refractivity contribution in [3.8, 4) is 0 Å². The summed E-state index contributed by atoms with van der Waals surface area (Å²) in [4.78, 5) is 7.16. The van der Waals surface area contributed by atoms with Crippen LogP contribution in [0.5, 0.6) is 0 Å². The van der Waals surface area contributed by atoms with Crippen molar-refractivity contribution in [2.75, 3.05) is 22.9 Å². The average Bonchev–Trinajstić information content (AvgIpc) is 3.17. The number of alkyl halides is 2. The smallest absolute Gasteiger partial charge is 0.266 e. The van der Waals surface area contributed by atoms with Crippen LogP contribution in [0.25, 0.3) is 0 Å². The molecule has 0 radical (unpaired) electrons. The van der Waals surface area contributed by atoms with Crippen LogP contribution >= 0.6 is 11.8 Å². The van der Waals surface area contributed by atoms with Gasteiger partial charge >= 0.3 is 0 Å². The summed E-state index contributed by atoms with van der Waals surface area (Å²) in [6.45, 7) is -0.0839.